The average Bonchev–Trinajstić information content (AvgIpc) is 2.28. The Morgan fingerprint density at radius 1 is 0.750 bits per heavy atom. The van der Waals surface area contributed by atoms with E-state index >= 15 is 0 Å². The summed E-state index contributed by atoms with van der Waals surface area (Å²) >= 11 is 5.92. The number of benzene rings is 3. The van der Waals surface area contributed by atoms with Crippen LogP contribution in [0.4, 0.5) is 0 Å². The van der Waals surface area contributed by atoms with E-state index in [0.29, 0.717) is 0 Å². The second-order valence-electron chi connectivity index (χ2n) is 3.81. The zero-order valence-corrected chi connectivity index (χ0v) is 12.1. The van der Waals surface area contributed by atoms with Crippen LogP contribution in [-0.2, 0) is 0 Å². The van der Waals surface area contributed by atoms with Crippen molar-refractivity contribution in [3.63, 3.8) is 0 Å². The Bertz CT molecular complexity index is 629. The van der Waals surface area contributed by atoms with Gasteiger partial charge in [-0.2, -0.15) is 0 Å². The Morgan fingerprint density at radius 3 is 1.94 bits per heavy atom. The van der Waals surface area contributed by atoms with Gasteiger partial charge in [-0.05, 0) is 84.3 Å². The summed E-state index contributed by atoms with van der Waals surface area (Å²) in [4.78, 5) is 0. The Hall–Kier alpha value is -0.610. The molecular formula is C14H8BrI. The maximum atomic E-state index is 3.57. The molecule has 0 aliphatic heterocycles. The van der Waals surface area contributed by atoms with Crippen molar-refractivity contribution < 1.29 is 0 Å². The van der Waals surface area contributed by atoms with Gasteiger partial charge in [-0.15, -0.1) is 0 Å². The van der Waals surface area contributed by atoms with Gasteiger partial charge in [0.15, 0.2) is 0 Å². The summed E-state index contributed by atoms with van der Waals surface area (Å²) in [6.45, 7) is 0. The third-order valence-electron chi connectivity index (χ3n) is 2.74. The highest BCUT2D eigenvalue weighted by molar-refractivity contribution is 14.1. The first-order valence-electron chi connectivity index (χ1n) is 5.01. The zero-order chi connectivity index (χ0) is 11.1. The molecule has 0 atom stereocenters. The summed E-state index contributed by atoms with van der Waals surface area (Å²) < 4.78 is 2.41. The van der Waals surface area contributed by atoms with Crippen LogP contribution < -0.4 is 0 Å². The Kier molecular flexibility index (Phi) is 2.64. The van der Waals surface area contributed by atoms with Crippen molar-refractivity contribution in [3.8, 4) is 0 Å². The van der Waals surface area contributed by atoms with Gasteiger partial charge in [0.05, 0.1) is 0 Å². The molecule has 3 aromatic carbocycles. The molecule has 3 rings (SSSR count). The number of halogens is 2. The molecular weight excluding hydrogens is 375 g/mol. The maximum Gasteiger partial charge on any atom is 0.0315 e. The lowest BCUT2D eigenvalue weighted by Crippen LogP contribution is -1.79. The minimum Gasteiger partial charge on any atom is -0.0616 e. The third kappa shape index (κ3) is 1.74. The van der Waals surface area contributed by atoms with Crippen molar-refractivity contribution in [1.82, 2.24) is 0 Å². The fraction of sp³-hybridized carbons (Fsp3) is 0. The minimum absolute atomic E-state index is 1.16. The topological polar surface area (TPSA) is 0 Å². The normalized spacial score (nSPS) is 11.1. The van der Waals surface area contributed by atoms with E-state index in [1.807, 2.05) is 0 Å². The number of hydrogen-bond donors (Lipinski definition) is 0. The van der Waals surface area contributed by atoms with Crippen molar-refractivity contribution >= 4 is 60.1 Å². The van der Waals surface area contributed by atoms with E-state index in [9.17, 15) is 0 Å². The van der Waals surface area contributed by atoms with Gasteiger partial charge in [-0.25, -0.2) is 0 Å². The van der Waals surface area contributed by atoms with Gasteiger partial charge in [0, 0.05) is 8.04 Å². The average molecular weight is 383 g/mol. The molecule has 0 heterocycles. The molecule has 0 aromatic heterocycles. The van der Waals surface area contributed by atoms with E-state index in [4.69, 9.17) is 0 Å². The number of rotatable bonds is 0. The van der Waals surface area contributed by atoms with Crippen LogP contribution in [0.3, 0.4) is 0 Å². The number of fused-ring (bicyclic) bond motifs is 2. The van der Waals surface area contributed by atoms with Crippen LogP contribution in [0.1, 0.15) is 0 Å². The standard InChI is InChI=1S/C14H8BrI/c15-13-7-11-5-9-3-1-2-4-10(9)6-12(11)8-14(13)16/h1-8H. The van der Waals surface area contributed by atoms with Crippen molar-refractivity contribution in [2.75, 3.05) is 0 Å². The van der Waals surface area contributed by atoms with Gasteiger partial charge in [0.2, 0.25) is 0 Å². The van der Waals surface area contributed by atoms with Crippen molar-refractivity contribution in [1.29, 1.82) is 0 Å². The van der Waals surface area contributed by atoms with Gasteiger partial charge < -0.3 is 0 Å². The molecule has 16 heavy (non-hydrogen) atoms. The maximum absolute atomic E-state index is 3.57. The van der Waals surface area contributed by atoms with Gasteiger partial charge in [-0.1, -0.05) is 24.3 Å². The Labute approximate surface area is 116 Å². The van der Waals surface area contributed by atoms with Crippen molar-refractivity contribution in [3.05, 3.63) is 56.6 Å². The lowest BCUT2D eigenvalue weighted by molar-refractivity contribution is 1.65. The molecule has 0 unspecified atom stereocenters. The molecule has 78 valence electrons. The van der Waals surface area contributed by atoms with E-state index in [-0.39, 0.29) is 0 Å². The van der Waals surface area contributed by atoms with Crippen LogP contribution in [0.2, 0.25) is 0 Å². The first-order valence-corrected chi connectivity index (χ1v) is 6.89. The van der Waals surface area contributed by atoms with Crippen LogP contribution in [0, 0.1) is 3.57 Å². The lowest BCUT2D eigenvalue weighted by atomic mass is 10.0. The highest BCUT2D eigenvalue weighted by Crippen LogP contribution is 2.28. The fourth-order valence-corrected chi connectivity index (χ4v) is 2.79. The molecule has 0 saturated heterocycles. The monoisotopic (exact) mass is 382 g/mol. The second kappa shape index (κ2) is 4.00. The van der Waals surface area contributed by atoms with Crippen LogP contribution in [0.5, 0.6) is 0 Å². The zero-order valence-electron chi connectivity index (χ0n) is 8.37. The van der Waals surface area contributed by atoms with E-state index in [1.54, 1.807) is 0 Å². The predicted octanol–water partition coefficient (Wildman–Crippen LogP) is 5.36. The van der Waals surface area contributed by atoms with E-state index in [2.05, 4.69) is 87.1 Å². The molecule has 0 nitrogen and oxygen atoms in total. The summed E-state index contributed by atoms with van der Waals surface area (Å²) in [5, 5.41) is 5.17. The predicted molar refractivity (Wildman–Crippen MR) is 81.9 cm³/mol. The second-order valence-corrected chi connectivity index (χ2v) is 5.83. The van der Waals surface area contributed by atoms with Crippen molar-refractivity contribution in [2.45, 2.75) is 0 Å². The molecule has 0 spiro atoms. The summed E-state index contributed by atoms with van der Waals surface area (Å²) in [5.74, 6) is 0. The highest BCUT2D eigenvalue weighted by atomic mass is 127. The molecule has 0 N–H and O–H groups in total. The molecule has 3 aromatic rings. The summed E-state index contributed by atoms with van der Waals surface area (Å²) in [7, 11) is 0. The van der Waals surface area contributed by atoms with Crippen LogP contribution in [0.25, 0.3) is 21.5 Å². The summed E-state index contributed by atoms with van der Waals surface area (Å²) in [6, 6.07) is 17.4. The largest absolute Gasteiger partial charge is 0.0616 e. The lowest BCUT2D eigenvalue weighted by Gasteiger charge is -2.04. The Balaban J connectivity index is 2.46. The molecule has 0 aliphatic carbocycles. The fourth-order valence-electron chi connectivity index (χ4n) is 1.94. The van der Waals surface area contributed by atoms with Gasteiger partial charge in [0.25, 0.3) is 0 Å². The summed E-state index contributed by atoms with van der Waals surface area (Å²) in [5.41, 5.74) is 0. The van der Waals surface area contributed by atoms with E-state index in [0.717, 1.165) is 4.47 Å². The number of hydrogen-bond acceptors (Lipinski definition) is 0. The molecule has 0 saturated carbocycles. The smallest absolute Gasteiger partial charge is 0.0315 e. The third-order valence-corrected chi connectivity index (χ3v) is 5.03. The van der Waals surface area contributed by atoms with Crippen LogP contribution >= 0.6 is 38.5 Å². The molecule has 0 amide bonds. The molecule has 0 bridgehead atoms. The molecule has 0 radical (unpaired) electrons. The quantitative estimate of drug-likeness (QED) is 0.362. The first kappa shape index (κ1) is 10.5. The van der Waals surface area contributed by atoms with Crippen LogP contribution in [-0.4, -0.2) is 0 Å². The summed E-state index contributed by atoms with van der Waals surface area (Å²) in [6.07, 6.45) is 0. The van der Waals surface area contributed by atoms with Gasteiger partial charge in [-0.3, -0.25) is 0 Å². The SMILES string of the molecule is Brc1cc2cc3ccccc3cc2cc1I. The van der Waals surface area contributed by atoms with Crippen LogP contribution in [0.15, 0.2) is 53.0 Å². The van der Waals surface area contributed by atoms with E-state index < -0.39 is 0 Å². The van der Waals surface area contributed by atoms with E-state index in [1.165, 1.54) is 25.1 Å². The minimum atomic E-state index is 1.16. The first-order chi connectivity index (χ1) is 7.74. The Morgan fingerprint density at radius 2 is 1.31 bits per heavy atom. The molecule has 2 heteroatoms. The highest BCUT2D eigenvalue weighted by Gasteiger charge is 2.01. The van der Waals surface area contributed by atoms with Gasteiger partial charge >= 0.3 is 0 Å². The van der Waals surface area contributed by atoms with Crippen molar-refractivity contribution in [2.24, 2.45) is 0 Å². The van der Waals surface area contributed by atoms with Gasteiger partial charge in [0.1, 0.15) is 0 Å². The molecule has 0 fully saturated rings. The molecule has 0 aliphatic rings.